The molecule has 0 aliphatic carbocycles. The molecule has 4 N–H and O–H groups in total. The Morgan fingerprint density at radius 3 is 2.19 bits per heavy atom. The van der Waals surface area contributed by atoms with E-state index in [4.69, 9.17) is 33.2 Å². The first kappa shape index (κ1) is 54.2. The Morgan fingerprint density at radius 2 is 1.49 bits per heavy atom. The summed E-state index contributed by atoms with van der Waals surface area (Å²) in [5, 5.41) is 18.3. The highest BCUT2D eigenvalue weighted by atomic mass is 16.5. The van der Waals surface area contributed by atoms with Gasteiger partial charge in [-0.25, -0.2) is 4.79 Å². The van der Waals surface area contributed by atoms with Gasteiger partial charge in [0.1, 0.15) is 30.2 Å². The highest BCUT2D eigenvalue weighted by Crippen LogP contribution is 2.42. The van der Waals surface area contributed by atoms with Crippen LogP contribution in [0.4, 0.5) is 5.69 Å². The molecule has 0 saturated carbocycles. The summed E-state index contributed by atoms with van der Waals surface area (Å²) in [6.45, 7) is 2.95. The zero-order valence-electron chi connectivity index (χ0n) is 42.9. The molecule has 2 saturated heterocycles. The van der Waals surface area contributed by atoms with Crippen molar-refractivity contribution < 1.29 is 67.0 Å². The Labute approximate surface area is 431 Å². The normalized spacial score (nSPS) is 18.1. The highest BCUT2D eigenvalue weighted by Gasteiger charge is 2.45. The third kappa shape index (κ3) is 12.6. The number of anilines is 1. The molecule has 4 unspecified atom stereocenters. The van der Waals surface area contributed by atoms with Crippen molar-refractivity contribution in [2.75, 3.05) is 67.1 Å². The molecule has 2 fully saturated rings. The van der Waals surface area contributed by atoms with Gasteiger partial charge in [0, 0.05) is 25.3 Å². The molecule has 396 valence electrons. The van der Waals surface area contributed by atoms with Crippen LogP contribution in [0.2, 0.25) is 0 Å². The number of aryl methyl sites for hydroxylation is 1. The number of hydrogen-bond acceptors (Lipinski definition) is 15. The molecule has 3 aliphatic rings. The van der Waals surface area contributed by atoms with Crippen molar-refractivity contribution in [1.82, 2.24) is 20.4 Å². The molecular formula is C55H67N5O14. The van der Waals surface area contributed by atoms with Crippen LogP contribution in [0.15, 0.2) is 72.8 Å². The highest BCUT2D eigenvalue weighted by molar-refractivity contribution is 6.23. The number of carbonyl (C=O) groups is 6. The maximum Gasteiger partial charge on any atom is 0.329 e. The number of nitrogens with zero attached hydrogens (tertiary/aromatic N) is 2. The van der Waals surface area contributed by atoms with E-state index in [1.165, 1.54) is 21.3 Å². The third-order valence-corrected chi connectivity index (χ3v) is 13.7. The monoisotopic (exact) mass is 1020 g/mol. The van der Waals surface area contributed by atoms with Gasteiger partial charge in [-0.2, -0.15) is 0 Å². The molecule has 7 rings (SSSR count). The quantitative estimate of drug-likeness (QED) is 0.0353. The average molecular weight is 1020 g/mol. The predicted molar refractivity (Wildman–Crippen MR) is 272 cm³/mol. The number of aliphatic hydroxyl groups is 1. The summed E-state index contributed by atoms with van der Waals surface area (Å²) in [7, 11) is 7.70. The predicted octanol–water partition coefficient (Wildman–Crippen LogP) is 6.10. The first-order valence-electron chi connectivity index (χ1n) is 25.1. The van der Waals surface area contributed by atoms with Gasteiger partial charge < -0.3 is 59.1 Å². The fourth-order valence-electron chi connectivity index (χ4n) is 9.74. The second-order valence-corrected chi connectivity index (χ2v) is 18.3. The molecule has 74 heavy (non-hydrogen) atoms. The number of rotatable bonds is 24. The molecule has 0 radical (unpaired) electrons. The van der Waals surface area contributed by atoms with Crippen molar-refractivity contribution in [2.45, 2.75) is 101 Å². The van der Waals surface area contributed by atoms with Crippen molar-refractivity contribution in [1.29, 1.82) is 0 Å². The summed E-state index contributed by atoms with van der Waals surface area (Å²) in [6.07, 6.45) is 3.19. The van der Waals surface area contributed by atoms with Gasteiger partial charge in [-0.05, 0) is 135 Å². The zero-order valence-corrected chi connectivity index (χ0v) is 42.9. The lowest BCUT2D eigenvalue weighted by Crippen LogP contribution is -2.55. The van der Waals surface area contributed by atoms with Gasteiger partial charge in [-0.1, -0.05) is 25.1 Å². The number of piperidine rings is 2. The molecule has 0 aromatic heterocycles. The number of aliphatic hydroxyl groups excluding tert-OH is 1. The van der Waals surface area contributed by atoms with Crippen molar-refractivity contribution in [2.24, 2.45) is 0 Å². The Balaban J connectivity index is 0.955. The molecule has 4 aromatic rings. The van der Waals surface area contributed by atoms with Gasteiger partial charge in [-0.15, -0.1) is 0 Å². The van der Waals surface area contributed by atoms with E-state index in [1.807, 2.05) is 31.2 Å². The first-order valence-corrected chi connectivity index (χ1v) is 25.1. The van der Waals surface area contributed by atoms with Crippen molar-refractivity contribution in [3.05, 3.63) is 101 Å². The molecule has 5 atom stereocenters. The number of fused-ring (bicyclic) bond motifs is 1. The van der Waals surface area contributed by atoms with Gasteiger partial charge in [0.2, 0.25) is 17.6 Å². The van der Waals surface area contributed by atoms with Crippen molar-refractivity contribution >= 4 is 41.2 Å². The van der Waals surface area contributed by atoms with E-state index in [0.29, 0.717) is 109 Å². The van der Waals surface area contributed by atoms with Gasteiger partial charge in [0.05, 0.1) is 52.6 Å². The maximum atomic E-state index is 14.5. The van der Waals surface area contributed by atoms with Crippen LogP contribution in [0.25, 0.3) is 0 Å². The van der Waals surface area contributed by atoms with Crippen LogP contribution < -0.4 is 44.4 Å². The average Bonchev–Trinajstić information content (AvgIpc) is 3.66. The van der Waals surface area contributed by atoms with E-state index in [1.54, 1.807) is 67.7 Å². The van der Waals surface area contributed by atoms with E-state index in [2.05, 4.69) is 16.0 Å². The number of methoxy groups -OCH3 is 5. The Hall–Kier alpha value is -7.54. The second-order valence-electron chi connectivity index (χ2n) is 18.3. The number of esters is 1. The van der Waals surface area contributed by atoms with Crippen LogP contribution >= 0.6 is 0 Å². The maximum absolute atomic E-state index is 14.5. The fourth-order valence-corrected chi connectivity index (χ4v) is 9.74. The standard InChI is InChI=1S/C55H67N5O14/c1-7-38(35-29-46(70-4)50(72-6)47(30-35)71-5)52(64)59-26-11-8-15-42(59)55(67)74-43(21-16-33-17-22-44(68-2)45(27-33)69-3)34-13-12-14-37(28-34)73-32-49(62)57-25-10-9-24-56-36-18-19-39-40(31-36)54(66)60(53(39)65)41-20-23-48(61)58-51(41)63/h12-14,17-19,22,27-31,38,41-43,48,56,61H,7-11,15-16,20-21,23-26,32H2,1-6H3,(H,57,62)(H,58,63)/t38?,41?,42-,43?,48?/m0/s1. The first-order chi connectivity index (χ1) is 35.8. The van der Waals surface area contributed by atoms with Crippen LogP contribution in [0, 0.1) is 0 Å². The van der Waals surface area contributed by atoms with Crippen LogP contribution in [-0.2, 0) is 30.3 Å². The number of unbranched alkanes of at least 4 members (excludes halogenated alkanes) is 1. The molecule has 0 spiro atoms. The Bertz CT molecular complexity index is 2650. The molecular weight excluding hydrogens is 955 g/mol. The lowest BCUT2D eigenvalue weighted by atomic mass is 9.91. The molecule has 4 aromatic carbocycles. The van der Waals surface area contributed by atoms with E-state index in [0.717, 1.165) is 23.3 Å². The van der Waals surface area contributed by atoms with Gasteiger partial charge in [-0.3, -0.25) is 28.9 Å². The Morgan fingerprint density at radius 1 is 0.757 bits per heavy atom. The van der Waals surface area contributed by atoms with Gasteiger partial charge >= 0.3 is 5.97 Å². The molecule has 5 amide bonds. The number of benzene rings is 4. The largest absolute Gasteiger partial charge is 0.493 e. The summed E-state index contributed by atoms with van der Waals surface area (Å²) in [4.78, 5) is 83.3. The third-order valence-electron chi connectivity index (χ3n) is 13.7. The van der Waals surface area contributed by atoms with Crippen LogP contribution in [0.1, 0.15) is 114 Å². The SMILES string of the molecule is CCC(C(=O)N1CCCC[C@H]1C(=O)OC(CCc1ccc(OC)c(OC)c1)c1cccc(OCC(=O)NCCCCNc2ccc3c(c2)C(=O)N(C2CCC(O)NC2=O)C3=O)c1)c1cc(OC)c(OC)c(OC)c1. The summed E-state index contributed by atoms with van der Waals surface area (Å²) in [6, 6.07) is 19.3. The van der Waals surface area contributed by atoms with E-state index in [-0.39, 0.29) is 42.4 Å². The number of hydrogen-bond donors (Lipinski definition) is 4. The molecule has 19 heteroatoms. The number of ether oxygens (including phenoxy) is 7. The second kappa shape index (κ2) is 25.4. The zero-order chi connectivity index (χ0) is 52.9. The number of likely N-dealkylation sites (tertiary alicyclic amines) is 1. The summed E-state index contributed by atoms with van der Waals surface area (Å²) in [5.74, 6) is -0.488. The molecule has 3 heterocycles. The minimum atomic E-state index is -1.00. The summed E-state index contributed by atoms with van der Waals surface area (Å²) in [5.41, 5.74) is 3.31. The molecule has 19 nitrogen and oxygen atoms in total. The minimum Gasteiger partial charge on any atom is -0.493 e. The van der Waals surface area contributed by atoms with E-state index < -0.39 is 54.0 Å². The number of amides is 5. The fraction of sp³-hybridized carbons (Fsp3) is 0.455. The van der Waals surface area contributed by atoms with Gasteiger partial charge in [0.25, 0.3) is 17.7 Å². The molecule has 3 aliphatic heterocycles. The van der Waals surface area contributed by atoms with Crippen LogP contribution in [-0.4, -0.2) is 131 Å². The smallest absolute Gasteiger partial charge is 0.329 e. The summed E-state index contributed by atoms with van der Waals surface area (Å²) >= 11 is 0. The number of nitrogens with one attached hydrogen (secondary N) is 3. The Kier molecular flexibility index (Phi) is 18.6. The van der Waals surface area contributed by atoms with Gasteiger partial charge in [0.15, 0.2) is 29.6 Å². The van der Waals surface area contributed by atoms with Crippen LogP contribution in [0.5, 0.6) is 34.5 Å². The lowest BCUT2D eigenvalue weighted by Gasteiger charge is -2.37. The van der Waals surface area contributed by atoms with Crippen molar-refractivity contribution in [3.63, 3.8) is 0 Å². The lowest BCUT2D eigenvalue weighted by molar-refractivity contribution is -0.162. The number of imide groups is 1. The molecule has 0 bridgehead atoms. The minimum absolute atomic E-state index is 0.177. The topological polar surface area (TPSA) is 230 Å². The van der Waals surface area contributed by atoms with Crippen LogP contribution in [0.3, 0.4) is 0 Å². The van der Waals surface area contributed by atoms with Crippen molar-refractivity contribution in [3.8, 4) is 34.5 Å². The summed E-state index contributed by atoms with van der Waals surface area (Å²) < 4.78 is 40.1. The number of carbonyl (C=O) groups excluding carboxylic acids is 6. The van der Waals surface area contributed by atoms with E-state index >= 15 is 0 Å². The van der Waals surface area contributed by atoms with E-state index in [9.17, 15) is 33.9 Å².